The normalized spacial score (nSPS) is 15.2. The smallest absolute Gasteiger partial charge is 0.231 e. The Morgan fingerprint density at radius 2 is 2.07 bits per heavy atom. The summed E-state index contributed by atoms with van der Waals surface area (Å²) in [7, 11) is 1.63. The van der Waals surface area contributed by atoms with E-state index in [4.69, 9.17) is 19.6 Å². The van der Waals surface area contributed by atoms with Crippen molar-refractivity contribution in [3.05, 3.63) is 64.2 Å². The maximum Gasteiger partial charge on any atom is 0.231 e. The van der Waals surface area contributed by atoms with E-state index in [2.05, 4.69) is 4.98 Å². The zero-order chi connectivity index (χ0) is 20.7. The molecular formula is C22H19N3O4S. The highest BCUT2D eigenvalue weighted by Gasteiger charge is 2.30. The predicted molar refractivity (Wildman–Crippen MR) is 114 cm³/mol. The van der Waals surface area contributed by atoms with Crippen LogP contribution in [0.1, 0.15) is 10.6 Å². The van der Waals surface area contributed by atoms with Gasteiger partial charge >= 0.3 is 0 Å². The second-order valence-electron chi connectivity index (χ2n) is 6.98. The first-order chi connectivity index (χ1) is 14.6. The van der Waals surface area contributed by atoms with Gasteiger partial charge in [0.25, 0.3) is 0 Å². The quantitative estimate of drug-likeness (QED) is 0.638. The molecule has 30 heavy (non-hydrogen) atoms. The predicted octanol–water partition coefficient (Wildman–Crippen LogP) is 4.31. The topological polar surface area (TPSA) is 87.9 Å². The van der Waals surface area contributed by atoms with Crippen molar-refractivity contribution in [1.82, 2.24) is 9.88 Å². The van der Waals surface area contributed by atoms with Gasteiger partial charge in [-0.15, -0.1) is 11.3 Å². The molecule has 0 saturated carbocycles. The number of fused-ring (bicyclic) bond motifs is 1. The molecule has 0 unspecified atom stereocenters. The molecule has 152 valence electrons. The van der Waals surface area contributed by atoms with Crippen LogP contribution in [-0.4, -0.2) is 41.3 Å². The fourth-order valence-corrected chi connectivity index (χ4v) is 4.45. The first-order valence-electron chi connectivity index (χ1n) is 9.37. The lowest BCUT2D eigenvalue weighted by atomic mass is 10.1. The summed E-state index contributed by atoms with van der Waals surface area (Å²) in [6, 6.07) is 13.4. The van der Waals surface area contributed by atoms with Crippen molar-refractivity contribution >= 4 is 22.7 Å². The van der Waals surface area contributed by atoms with Crippen LogP contribution in [0.4, 0.5) is 0 Å². The lowest BCUT2D eigenvalue weighted by molar-refractivity contribution is 0.174. The van der Waals surface area contributed by atoms with Crippen LogP contribution in [0.15, 0.2) is 53.6 Å². The Hall–Kier alpha value is -3.52. The number of aliphatic hydroxyl groups excluding tert-OH is 1. The Kier molecular flexibility index (Phi) is 4.55. The van der Waals surface area contributed by atoms with Crippen molar-refractivity contribution in [2.45, 2.75) is 6.54 Å². The highest BCUT2D eigenvalue weighted by atomic mass is 32.1. The highest BCUT2D eigenvalue weighted by Crippen LogP contribution is 2.35. The van der Waals surface area contributed by atoms with Crippen molar-refractivity contribution in [2.24, 2.45) is 0 Å². The number of benzene rings is 2. The summed E-state index contributed by atoms with van der Waals surface area (Å²) >= 11 is 1.41. The number of methoxy groups -OCH3 is 1. The van der Waals surface area contributed by atoms with Crippen LogP contribution in [-0.2, 0) is 6.54 Å². The van der Waals surface area contributed by atoms with Gasteiger partial charge in [0.2, 0.25) is 6.79 Å². The molecule has 0 atom stereocenters. The zero-order valence-electron chi connectivity index (χ0n) is 16.2. The van der Waals surface area contributed by atoms with Crippen molar-refractivity contribution in [1.29, 1.82) is 5.41 Å². The van der Waals surface area contributed by atoms with Gasteiger partial charge in [-0.2, -0.15) is 0 Å². The average molecular weight is 421 g/mol. The number of thiazole rings is 1. The number of aromatic nitrogens is 1. The van der Waals surface area contributed by atoms with Crippen LogP contribution in [0.25, 0.3) is 16.8 Å². The summed E-state index contributed by atoms with van der Waals surface area (Å²) in [6.45, 7) is 0.984. The lowest BCUT2D eigenvalue weighted by Crippen LogP contribution is -2.26. The van der Waals surface area contributed by atoms with E-state index in [1.165, 1.54) is 11.3 Å². The molecule has 2 aliphatic heterocycles. The van der Waals surface area contributed by atoms with Gasteiger partial charge in [0, 0.05) is 17.5 Å². The fourth-order valence-electron chi connectivity index (χ4n) is 3.56. The fraction of sp³-hybridized carbons (Fsp3) is 0.182. The van der Waals surface area contributed by atoms with E-state index in [0.717, 1.165) is 28.3 Å². The molecule has 3 aromatic rings. The van der Waals surface area contributed by atoms with Gasteiger partial charge in [0.05, 0.1) is 24.9 Å². The van der Waals surface area contributed by atoms with E-state index in [9.17, 15) is 5.11 Å². The van der Waals surface area contributed by atoms with Gasteiger partial charge in [0.15, 0.2) is 11.5 Å². The summed E-state index contributed by atoms with van der Waals surface area (Å²) in [4.78, 5) is 6.48. The summed E-state index contributed by atoms with van der Waals surface area (Å²) in [5, 5.41) is 21.7. The molecule has 0 saturated heterocycles. The second kappa shape index (κ2) is 7.38. The molecule has 0 radical (unpaired) electrons. The Balaban J connectivity index is 1.36. The van der Waals surface area contributed by atoms with E-state index in [0.29, 0.717) is 22.9 Å². The van der Waals surface area contributed by atoms with E-state index in [-0.39, 0.29) is 24.9 Å². The van der Waals surface area contributed by atoms with Crippen LogP contribution < -0.4 is 14.2 Å². The number of hydrogen-bond donors (Lipinski definition) is 2. The molecule has 2 aliphatic rings. The van der Waals surface area contributed by atoms with E-state index in [1.807, 2.05) is 52.7 Å². The minimum absolute atomic E-state index is 0.160. The zero-order valence-corrected chi connectivity index (χ0v) is 17.0. The molecule has 2 N–H and O–H groups in total. The highest BCUT2D eigenvalue weighted by molar-refractivity contribution is 7.11. The number of nitrogens with zero attached hydrogens (tertiary/aromatic N) is 2. The second-order valence-corrected chi connectivity index (χ2v) is 7.84. The van der Waals surface area contributed by atoms with Gasteiger partial charge in [-0.1, -0.05) is 18.2 Å². The van der Waals surface area contributed by atoms with Gasteiger partial charge in [-0.05, 0) is 29.8 Å². The van der Waals surface area contributed by atoms with Crippen molar-refractivity contribution in [3.63, 3.8) is 0 Å². The Labute approximate surface area is 177 Å². The van der Waals surface area contributed by atoms with Crippen LogP contribution in [0, 0.1) is 5.41 Å². The molecule has 8 heteroatoms. The largest absolute Gasteiger partial charge is 0.510 e. The van der Waals surface area contributed by atoms with Gasteiger partial charge in [0.1, 0.15) is 22.4 Å². The third-order valence-electron chi connectivity index (χ3n) is 5.08. The average Bonchev–Trinajstić information content (AvgIpc) is 3.48. The number of ether oxygens (including phenoxy) is 3. The third kappa shape index (κ3) is 3.25. The molecule has 3 heterocycles. The number of amidine groups is 1. The van der Waals surface area contributed by atoms with E-state index < -0.39 is 0 Å². The molecule has 0 aliphatic carbocycles. The molecule has 7 nitrogen and oxygen atoms in total. The molecule has 0 bridgehead atoms. The molecule has 5 rings (SSSR count). The first kappa shape index (κ1) is 18.5. The SMILES string of the molecule is COc1cccc(-c2csc(C3=C(O)CN(Cc4ccc5c(c4)OCO5)C3=N)n2)c1. The van der Waals surface area contributed by atoms with E-state index >= 15 is 0 Å². The van der Waals surface area contributed by atoms with Crippen molar-refractivity contribution < 1.29 is 19.3 Å². The van der Waals surface area contributed by atoms with Crippen LogP contribution in [0.3, 0.4) is 0 Å². The van der Waals surface area contributed by atoms with Crippen LogP contribution in [0.5, 0.6) is 17.2 Å². The van der Waals surface area contributed by atoms with Crippen molar-refractivity contribution in [3.8, 4) is 28.5 Å². The minimum atomic E-state index is 0.160. The summed E-state index contributed by atoms with van der Waals surface area (Å²) in [6.07, 6.45) is 0. The summed E-state index contributed by atoms with van der Waals surface area (Å²) in [5.41, 5.74) is 3.18. The minimum Gasteiger partial charge on any atom is -0.510 e. The van der Waals surface area contributed by atoms with Gasteiger partial charge in [-0.25, -0.2) is 4.98 Å². The number of aliphatic hydroxyl groups is 1. The molecule has 0 amide bonds. The Bertz CT molecular complexity index is 1170. The molecular weight excluding hydrogens is 402 g/mol. The van der Waals surface area contributed by atoms with E-state index in [1.54, 1.807) is 7.11 Å². The third-order valence-corrected chi connectivity index (χ3v) is 5.94. The lowest BCUT2D eigenvalue weighted by Gasteiger charge is -2.18. The van der Waals surface area contributed by atoms with Crippen LogP contribution >= 0.6 is 11.3 Å². The van der Waals surface area contributed by atoms with Crippen molar-refractivity contribution in [2.75, 3.05) is 20.4 Å². The first-order valence-corrected chi connectivity index (χ1v) is 10.2. The Morgan fingerprint density at radius 3 is 2.93 bits per heavy atom. The number of rotatable bonds is 5. The standard InChI is InChI=1S/C22H19N3O4S/c1-27-15-4-2-3-14(8-15)16-11-30-22(24-16)20-17(26)10-25(21(20)23)9-13-5-6-18-19(7-13)29-12-28-18/h2-8,11,23,26H,9-10,12H2,1H3. The maximum absolute atomic E-state index is 10.6. The monoisotopic (exact) mass is 421 g/mol. The summed E-state index contributed by atoms with van der Waals surface area (Å²) in [5.74, 6) is 2.61. The Morgan fingerprint density at radius 1 is 1.20 bits per heavy atom. The number of nitrogens with one attached hydrogen (secondary N) is 1. The molecule has 1 aromatic heterocycles. The van der Waals surface area contributed by atoms with Gasteiger partial charge < -0.3 is 24.2 Å². The molecule has 0 fully saturated rings. The number of hydrogen-bond acceptors (Lipinski definition) is 7. The molecule has 2 aromatic carbocycles. The molecule has 0 spiro atoms. The van der Waals surface area contributed by atoms with Gasteiger partial charge in [-0.3, -0.25) is 5.41 Å². The summed E-state index contributed by atoms with van der Waals surface area (Å²) < 4.78 is 16.1. The maximum atomic E-state index is 10.6. The van der Waals surface area contributed by atoms with Crippen LogP contribution in [0.2, 0.25) is 0 Å².